The third-order valence-corrected chi connectivity index (χ3v) is 8.17. The Morgan fingerprint density at radius 3 is 2.67 bits per heavy atom. The van der Waals surface area contributed by atoms with E-state index < -0.39 is 11.5 Å². The second kappa shape index (κ2) is 13.5. The van der Waals surface area contributed by atoms with Crippen LogP contribution in [0.15, 0.2) is 47.4 Å². The van der Waals surface area contributed by atoms with Crippen molar-refractivity contribution in [2.45, 2.75) is 38.8 Å². The van der Waals surface area contributed by atoms with E-state index >= 15 is 0 Å². The van der Waals surface area contributed by atoms with Gasteiger partial charge in [-0.05, 0) is 43.9 Å². The van der Waals surface area contributed by atoms with Crippen LogP contribution in [0.25, 0.3) is 16.9 Å². The lowest BCUT2D eigenvalue weighted by Crippen LogP contribution is -2.42. The number of nitrogens with zero attached hydrogens (tertiary/aromatic N) is 4. The summed E-state index contributed by atoms with van der Waals surface area (Å²) in [4.78, 5) is 41.8. The maximum Gasteiger partial charge on any atom is 0.320 e. The molecule has 12 heteroatoms. The van der Waals surface area contributed by atoms with E-state index in [0.717, 1.165) is 38.2 Å². The van der Waals surface area contributed by atoms with E-state index in [4.69, 9.17) is 14.6 Å². The van der Waals surface area contributed by atoms with Gasteiger partial charge in [0.1, 0.15) is 11.4 Å². The normalized spacial score (nSPS) is 20.6. The molecule has 0 aliphatic carbocycles. The quantitative estimate of drug-likeness (QED) is 0.349. The Hall–Kier alpha value is -4.00. The summed E-state index contributed by atoms with van der Waals surface area (Å²) in [7, 11) is 3.30. The molecule has 0 saturated carbocycles. The van der Waals surface area contributed by atoms with E-state index in [1.165, 1.54) is 4.57 Å². The number of carbonyl (C=O) groups excluding carboxylic acids is 2. The number of para-hydroxylation sites is 1. The number of hydrogen-bond acceptors (Lipinski definition) is 7. The number of rotatable bonds is 9. The SMILES string of the molecule is COCCN1C[C@@H](C)[C@H](NC(=O)Nc2c(C)c(-c3cc(C(=O)N[C@@H]4CCCOC4)c(=O)n(C)c3)nn2-c2ccccc2)C1. The summed E-state index contributed by atoms with van der Waals surface area (Å²) < 4.78 is 13.8. The van der Waals surface area contributed by atoms with Crippen molar-refractivity contribution in [1.29, 1.82) is 0 Å². The summed E-state index contributed by atoms with van der Waals surface area (Å²) in [5.74, 6) is 0.342. The molecule has 0 unspecified atom stereocenters. The number of carbonyl (C=O) groups is 2. The van der Waals surface area contributed by atoms with Crippen LogP contribution >= 0.6 is 0 Å². The van der Waals surface area contributed by atoms with Gasteiger partial charge in [-0.25, -0.2) is 9.48 Å². The zero-order valence-electron chi connectivity index (χ0n) is 25.3. The van der Waals surface area contributed by atoms with Gasteiger partial charge in [0.25, 0.3) is 11.5 Å². The van der Waals surface area contributed by atoms with Crippen molar-refractivity contribution in [2.24, 2.45) is 13.0 Å². The number of hydrogen-bond donors (Lipinski definition) is 3. The lowest BCUT2D eigenvalue weighted by atomic mass is 10.1. The number of nitrogens with one attached hydrogen (secondary N) is 3. The second-order valence-corrected chi connectivity index (χ2v) is 11.5. The first-order chi connectivity index (χ1) is 20.7. The Bertz CT molecular complexity index is 1500. The molecule has 2 aliphatic rings. The zero-order chi connectivity index (χ0) is 30.5. The number of ether oxygens (including phenoxy) is 2. The topological polar surface area (TPSA) is 132 Å². The highest BCUT2D eigenvalue weighted by molar-refractivity contribution is 5.95. The number of aryl methyl sites for hydroxylation is 1. The van der Waals surface area contributed by atoms with Gasteiger partial charge in [0.05, 0.1) is 30.6 Å². The Balaban J connectivity index is 1.43. The van der Waals surface area contributed by atoms with Gasteiger partial charge in [0.15, 0.2) is 0 Å². The van der Waals surface area contributed by atoms with E-state index in [0.29, 0.717) is 42.5 Å². The summed E-state index contributed by atoms with van der Waals surface area (Å²) in [6.07, 6.45) is 3.31. The number of methoxy groups -OCH3 is 1. The largest absolute Gasteiger partial charge is 0.383 e. The van der Waals surface area contributed by atoms with E-state index in [-0.39, 0.29) is 29.6 Å². The summed E-state index contributed by atoms with van der Waals surface area (Å²) >= 11 is 0. The first-order valence-electron chi connectivity index (χ1n) is 14.8. The summed E-state index contributed by atoms with van der Waals surface area (Å²) in [6.45, 7) is 8.19. The summed E-state index contributed by atoms with van der Waals surface area (Å²) in [5.41, 5.74) is 2.21. The molecule has 3 amide bonds. The molecule has 5 rings (SSSR count). The molecule has 2 aromatic heterocycles. The fourth-order valence-corrected chi connectivity index (χ4v) is 5.76. The molecule has 0 spiro atoms. The molecule has 2 aliphatic heterocycles. The van der Waals surface area contributed by atoms with Crippen LogP contribution in [-0.2, 0) is 16.5 Å². The van der Waals surface area contributed by atoms with E-state index in [1.54, 1.807) is 31.1 Å². The van der Waals surface area contributed by atoms with Crippen LogP contribution < -0.4 is 21.5 Å². The van der Waals surface area contributed by atoms with Gasteiger partial charge in [-0.2, -0.15) is 5.10 Å². The van der Waals surface area contributed by atoms with Crippen LogP contribution in [0.4, 0.5) is 10.6 Å². The third-order valence-electron chi connectivity index (χ3n) is 8.17. The molecule has 1 aromatic carbocycles. The van der Waals surface area contributed by atoms with Gasteiger partial charge in [-0.15, -0.1) is 0 Å². The third kappa shape index (κ3) is 6.98. The van der Waals surface area contributed by atoms with Crippen LogP contribution in [0.3, 0.4) is 0 Å². The number of likely N-dealkylation sites (tertiary alicyclic amines) is 1. The summed E-state index contributed by atoms with van der Waals surface area (Å²) in [6, 6.07) is 10.6. The average Bonchev–Trinajstić information content (AvgIpc) is 3.52. The predicted octanol–water partition coefficient (Wildman–Crippen LogP) is 2.54. The van der Waals surface area contributed by atoms with E-state index in [1.807, 2.05) is 37.3 Å². The number of amides is 3. The van der Waals surface area contributed by atoms with Gasteiger partial charge in [0, 0.05) is 63.8 Å². The molecule has 4 heterocycles. The molecular weight excluding hydrogens is 550 g/mol. The lowest BCUT2D eigenvalue weighted by Gasteiger charge is -2.23. The van der Waals surface area contributed by atoms with Gasteiger partial charge in [-0.1, -0.05) is 25.1 Å². The summed E-state index contributed by atoms with van der Waals surface area (Å²) in [5, 5.41) is 14.0. The van der Waals surface area contributed by atoms with Crippen molar-refractivity contribution in [3.8, 4) is 16.9 Å². The average molecular weight is 592 g/mol. The predicted molar refractivity (Wildman–Crippen MR) is 164 cm³/mol. The van der Waals surface area contributed by atoms with Gasteiger partial charge in [-0.3, -0.25) is 19.8 Å². The Morgan fingerprint density at radius 2 is 1.95 bits per heavy atom. The fourth-order valence-electron chi connectivity index (χ4n) is 5.76. The van der Waals surface area contributed by atoms with Gasteiger partial charge >= 0.3 is 6.03 Å². The van der Waals surface area contributed by atoms with Crippen LogP contribution in [0.1, 0.15) is 35.7 Å². The molecule has 0 bridgehead atoms. The molecule has 3 atom stereocenters. The lowest BCUT2D eigenvalue weighted by molar-refractivity contribution is 0.0623. The van der Waals surface area contributed by atoms with Gasteiger partial charge < -0.3 is 24.7 Å². The molecule has 2 fully saturated rings. The van der Waals surface area contributed by atoms with Crippen LogP contribution in [0, 0.1) is 12.8 Å². The van der Waals surface area contributed by atoms with Gasteiger partial charge in [0.2, 0.25) is 0 Å². The highest BCUT2D eigenvalue weighted by atomic mass is 16.5. The maximum atomic E-state index is 13.3. The molecule has 0 radical (unpaired) electrons. The Morgan fingerprint density at radius 1 is 1.16 bits per heavy atom. The molecule has 43 heavy (non-hydrogen) atoms. The Labute approximate surface area is 251 Å². The molecule has 230 valence electrons. The minimum absolute atomic E-state index is 0.0102. The zero-order valence-corrected chi connectivity index (χ0v) is 25.3. The standard InChI is InChI=1S/C31H41N7O5/c1-20-16-37(12-14-42-4)18-26(20)33-31(41)34-28-21(2)27(35-38(28)24-10-6-5-7-11-24)22-15-25(30(40)36(3)17-22)29(39)32-23-9-8-13-43-19-23/h5-7,10-11,15,17,20,23,26H,8-9,12-14,16,18-19H2,1-4H3,(H,32,39)(H2,33,34,41)/t20-,23-,26-/m1/s1. The second-order valence-electron chi connectivity index (χ2n) is 11.5. The number of anilines is 1. The van der Waals surface area contributed by atoms with E-state index in [2.05, 4.69) is 27.8 Å². The van der Waals surface area contributed by atoms with Crippen LogP contribution in [-0.4, -0.2) is 89.8 Å². The first kappa shape index (κ1) is 30.5. The van der Waals surface area contributed by atoms with Crippen LogP contribution in [0.2, 0.25) is 0 Å². The minimum Gasteiger partial charge on any atom is -0.383 e. The number of benzene rings is 1. The monoisotopic (exact) mass is 591 g/mol. The van der Waals surface area contributed by atoms with Crippen molar-refractivity contribution in [3.05, 3.63) is 64.1 Å². The fraction of sp³-hybridized carbons (Fsp3) is 0.484. The highest BCUT2D eigenvalue weighted by Crippen LogP contribution is 2.30. The van der Waals surface area contributed by atoms with Crippen molar-refractivity contribution < 1.29 is 19.1 Å². The molecule has 3 N–H and O–H groups in total. The maximum absolute atomic E-state index is 13.3. The number of pyridine rings is 1. The van der Waals surface area contributed by atoms with E-state index in [9.17, 15) is 14.4 Å². The van der Waals surface area contributed by atoms with Crippen molar-refractivity contribution >= 4 is 17.8 Å². The van der Waals surface area contributed by atoms with Crippen molar-refractivity contribution in [3.63, 3.8) is 0 Å². The molecule has 3 aromatic rings. The molecule has 12 nitrogen and oxygen atoms in total. The minimum atomic E-state index is -0.443. The van der Waals surface area contributed by atoms with Crippen molar-refractivity contribution in [2.75, 3.05) is 51.9 Å². The first-order valence-corrected chi connectivity index (χ1v) is 14.8. The molecule has 2 saturated heterocycles. The smallest absolute Gasteiger partial charge is 0.320 e. The number of aromatic nitrogens is 3. The number of urea groups is 1. The van der Waals surface area contributed by atoms with Crippen LogP contribution in [0.5, 0.6) is 0 Å². The molecular formula is C31H41N7O5. The highest BCUT2D eigenvalue weighted by Gasteiger charge is 2.31. The van der Waals surface area contributed by atoms with Crippen molar-refractivity contribution in [1.82, 2.24) is 29.9 Å². The Kier molecular flexibility index (Phi) is 9.59.